The van der Waals surface area contributed by atoms with Crippen LogP contribution in [0, 0.1) is 0 Å². The number of anilines is 1. The van der Waals surface area contributed by atoms with Crippen molar-refractivity contribution in [1.82, 2.24) is 0 Å². The highest BCUT2D eigenvalue weighted by Crippen LogP contribution is 2.42. The van der Waals surface area contributed by atoms with Crippen LogP contribution in [0.1, 0.15) is 35.4 Å². The fourth-order valence-electron chi connectivity index (χ4n) is 2.41. The molecule has 1 unspecified atom stereocenters. The van der Waals surface area contributed by atoms with E-state index in [4.69, 9.17) is 4.42 Å². The second kappa shape index (κ2) is 4.74. The molecule has 1 aromatic carbocycles. The van der Waals surface area contributed by atoms with Crippen LogP contribution in [0.25, 0.3) is 0 Å². The van der Waals surface area contributed by atoms with Gasteiger partial charge in [0.05, 0.1) is 16.5 Å². The molecule has 0 spiro atoms. The van der Waals surface area contributed by atoms with Crippen molar-refractivity contribution < 1.29 is 9.21 Å². The van der Waals surface area contributed by atoms with Crippen molar-refractivity contribution in [2.45, 2.75) is 24.1 Å². The van der Waals surface area contributed by atoms with Crippen molar-refractivity contribution in [2.75, 3.05) is 5.32 Å². The minimum atomic E-state index is -0.494. The highest BCUT2D eigenvalue weighted by molar-refractivity contribution is 9.10. The topological polar surface area (TPSA) is 42.2 Å². The minimum Gasteiger partial charge on any atom is -0.457 e. The van der Waals surface area contributed by atoms with Crippen LogP contribution in [0.2, 0.25) is 0 Å². The molecule has 0 radical (unpaired) electrons. The summed E-state index contributed by atoms with van der Waals surface area (Å²) in [4.78, 5) is 12.0. The monoisotopic (exact) mass is 397 g/mol. The van der Waals surface area contributed by atoms with E-state index < -0.39 is 5.41 Å². The predicted octanol–water partition coefficient (Wildman–Crippen LogP) is 4.76. The Labute approximate surface area is 134 Å². The van der Waals surface area contributed by atoms with Crippen molar-refractivity contribution in [3.05, 3.63) is 51.9 Å². The molecule has 0 saturated carbocycles. The average molecular weight is 399 g/mol. The van der Waals surface area contributed by atoms with Gasteiger partial charge >= 0.3 is 0 Å². The molecule has 1 atom stereocenters. The van der Waals surface area contributed by atoms with Crippen LogP contribution in [0.4, 0.5) is 5.69 Å². The molecule has 1 amide bonds. The molecule has 1 N–H and O–H groups in total. The van der Waals surface area contributed by atoms with E-state index in [1.54, 1.807) is 6.26 Å². The van der Waals surface area contributed by atoms with Crippen LogP contribution in [-0.4, -0.2) is 5.91 Å². The normalized spacial score (nSPS) is 17.7. The van der Waals surface area contributed by atoms with Gasteiger partial charge in [-0.1, -0.05) is 28.1 Å². The molecule has 3 nitrogen and oxygen atoms in total. The van der Waals surface area contributed by atoms with Gasteiger partial charge in [0.2, 0.25) is 5.91 Å². The molecule has 0 saturated heterocycles. The standard InChI is InChI=1S/C15H13Br2NO2/c1-15(2)10-7-8(3-4-11(10)18-14(15)19)12(16)9-5-6-20-13(9)17/h3-7,12H,1-2H3,(H,18,19). The number of rotatable bonds is 2. The molecule has 3 rings (SSSR count). The van der Waals surface area contributed by atoms with E-state index in [-0.39, 0.29) is 10.7 Å². The second-order valence-corrected chi connectivity index (χ2v) is 7.03. The number of halogens is 2. The Kier molecular flexibility index (Phi) is 3.29. The molecule has 1 aliphatic rings. The molecular weight excluding hydrogens is 386 g/mol. The Balaban J connectivity index is 2.04. The fraction of sp³-hybridized carbons (Fsp3) is 0.267. The lowest BCUT2D eigenvalue weighted by molar-refractivity contribution is -0.119. The zero-order chi connectivity index (χ0) is 14.5. The van der Waals surface area contributed by atoms with Crippen LogP contribution in [0.3, 0.4) is 0 Å². The van der Waals surface area contributed by atoms with Gasteiger partial charge in [-0.15, -0.1) is 0 Å². The predicted molar refractivity (Wildman–Crippen MR) is 85.3 cm³/mol. The van der Waals surface area contributed by atoms with Gasteiger partial charge in [-0.3, -0.25) is 4.79 Å². The van der Waals surface area contributed by atoms with Crippen LogP contribution in [0.15, 0.2) is 39.6 Å². The zero-order valence-corrected chi connectivity index (χ0v) is 14.2. The Hall–Kier alpha value is -1.07. The number of furan rings is 1. The molecule has 1 aromatic heterocycles. The quantitative estimate of drug-likeness (QED) is 0.741. The van der Waals surface area contributed by atoms with E-state index in [1.807, 2.05) is 32.0 Å². The number of carbonyl (C=O) groups excluding carboxylic acids is 1. The van der Waals surface area contributed by atoms with E-state index in [9.17, 15) is 4.79 Å². The highest BCUT2D eigenvalue weighted by Gasteiger charge is 2.38. The van der Waals surface area contributed by atoms with Gasteiger partial charge in [0.25, 0.3) is 0 Å². The lowest BCUT2D eigenvalue weighted by atomic mass is 9.85. The second-order valence-electron chi connectivity index (χ2n) is 5.40. The van der Waals surface area contributed by atoms with E-state index in [0.29, 0.717) is 4.67 Å². The SMILES string of the molecule is CC1(C)C(=O)Nc2ccc(C(Br)c3ccoc3Br)cc21. The highest BCUT2D eigenvalue weighted by atomic mass is 79.9. The summed E-state index contributed by atoms with van der Waals surface area (Å²) in [6.07, 6.45) is 1.65. The number of hydrogen-bond donors (Lipinski definition) is 1. The van der Waals surface area contributed by atoms with Crippen molar-refractivity contribution >= 4 is 43.5 Å². The largest absolute Gasteiger partial charge is 0.457 e. The van der Waals surface area contributed by atoms with Crippen LogP contribution in [0.5, 0.6) is 0 Å². The lowest BCUT2D eigenvalue weighted by Crippen LogP contribution is -2.26. The summed E-state index contributed by atoms with van der Waals surface area (Å²) in [5.74, 6) is 0.0419. The first-order valence-corrected chi connectivity index (χ1v) is 7.95. The van der Waals surface area contributed by atoms with Gasteiger partial charge < -0.3 is 9.73 Å². The number of hydrogen-bond acceptors (Lipinski definition) is 2. The van der Waals surface area contributed by atoms with Gasteiger partial charge in [-0.2, -0.15) is 0 Å². The Bertz CT molecular complexity index is 691. The van der Waals surface area contributed by atoms with Crippen molar-refractivity contribution in [3.63, 3.8) is 0 Å². The lowest BCUT2D eigenvalue weighted by Gasteiger charge is -2.17. The molecular formula is C15H13Br2NO2. The van der Waals surface area contributed by atoms with Crippen LogP contribution in [-0.2, 0) is 10.2 Å². The van der Waals surface area contributed by atoms with E-state index in [2.05, 4.69) is 43.2 Å². The van der Waals surface area contributed by atoms with Crippen molar-refractivity contribution in [1.29, 1.82) is 0 Å². The molecule has 2 aromatic rings. The summed E-state index contributed by atoms with van der Waals surface area (Å²) in [7, 11) is 0. The number of alkyl halides is 1. The van der Waals surface area contributed by atoms with Crippen molar-refractivity contribution in [2.24, 2.45) is 0 Å². The van der Waals surface area contributed by atoms with E-state index >= 15 is 0 Å². The van der Waals surface area contributed by atoms with Gasteiger partial charge in [-0.25, -0.2) is 0 Å². The zero-order valence-electron chi connectivity index (χ0n) is 11.0. The summed E-state index contributed by atoms with van der Waals surface area (Å²) in [6, 6.07) is 7.97. The number of carbonyl (C=O) groups is 1. The summed E-state index contributed by atoms with van der Waals surface area (Å²) >= 11 is 7.09. The first kappa shape index (κ1) is 13.9. The average Bonchev–Trinajstić information content (AvgIpc) is 2.92. The summed E-state index contributed by atoms with van der Waals surface area (Å²) in [5.41, 5.74) is 3.56. The van der Waals surface area contributed by atoms with Gasteiger partial charge in [0, 0.05) is 11.3 Å². The maximum absolute atomic E-state index is 12.0. The molecule has 5 heteroatoms. The van der Waals surface area contributed by atoms with Gasteiger partial charge in [0.15, 0.2) is 4.67 Å². The van der Waals surface area contributed by atoms with Crippen LogP contribution < -0.4 is 5.32 Å². The Morgan fingerprint density at radius 1 is 1.30 bits per heavy atom. The number of amides is 1. The summed E-state index contributed by atoms with van der Waals surface area (Å²) in [6.45, 7) is 3.88. The third-order valence-corrected chi connectivity index (χ3v) is 5.41. The maximum atomic E-state index is 12.0. The number of nitrogens with one attached hydrogen (secondary N) is 1. The Morgan fingerprint density at radius 2 is 2.05 bits per heavy atom. The number of benzene rings is 1. The summed E-state index contributed by atoms with van der Waals surface area (Å²) in [5, 5.41) is 2.92. The third kappa shape index (κ3) is 2.04. The molecule has 2 heterocycles. The molecule has 104 valence electrons. The van der Waals surface area contributed by atoms with Gasteiger partial charge in [-0.05, 0) is 53.0 Å². The first-order valence-electron chi connectivity index (χ1n) is 6.24. The van der Waals surface area contributed by atoms with E-state index in [1.165, 1.54) is 0 Å². The number of fused-ring (bicyclic) bond motifs is 1. The molecule has 0 fully saturated rings. The Morgan fingerprint density at radius 3 is 2.70 bits per heavy atom. The molecule has 0 aliphatic carbocycles. The molecule has 20 heavy (non-hydrogen) atoms. The summed E-state index contributed by atoms with van der Waals surface area (Å²) < 4.78 is 5.99. The fourth-order valence-corrected chi connectivity index (χ4v) is 3.83. The molecule has 1 aliphatic heterocycles. The smallest absolute Gasteiger partial charge is 0.234 e. The first-order chi connectivity index (χ1) is 9.41. The van der Waals surface area contributed by atoms with Crippen LogP contribution >= 0.6 is 31.9 Å². The van der Waals surface area contributed by atoms with Gasteiger partial charge in [0.1, 0.15) is 0 Å². The molecule has 0 bridgehead atoms. The maximum Gasteiger partial charge on any atom is 0.234 e. The van der Waals surface area contributed by atoms with Crippen molar-refractivity contribution in [3.8, 4) is 0 Å². The third-order valence-electron chi connectivity index (χ3n) is 3.74. The van der Waals surface area contributed by atoms with E-state index in [0.717, 1.165) is 22.4 Å². The minimum absolute atomic E-state index is 0.0208.